The molecule has 1 rings (SSSR count). The van der Waals surface area contributed by atoms with Crippen LogP contribution in [0.25, 0.3) is 0 Å². The number of nitrogens with zero attached hydrogens (tertiary/aromatic N) is 1. The zero-order valence-electron chi connectivity index (χ0n) is 12.4. The van der Waals surface area contributed by atoms with Gasteiger partial charge in [-0.05, 0) is 38.0 Å². The average Bonchev–Trinajstić information content (AvgIpc) is 2.49. The quantitative estimate of drug-likeness (QED) is 0.511. The SMILES string of the molecule is CCC/C=N/NC(=O)NCC1CCC(C(=O)NC)CC1. The van der Waals surface area contributed by atoms with Crippen LogP contribution in [0.1, 0.15) is 45.4 Å². The molecule has 3 N–H and O–H groups in total. The number of unbranched alkanes of at least 4 members (excludes halogenated alkanes) is 1. The third-order valence-electron chi connectivity index (χ3n) is 3.69. The summed E-state index contributed by atoms with van der Waals surface area (Å²) in [5, 5.41) is 9.35. The molecule has 20 heavy (non-hydrogen) atoms. The highest BCUT2D eigenvalue weighted by Gasteiger charge is 2.25. The van der Waals surface area contributed by atoms with Crippen LogP contribution >= 0.6 is 0 Å². The van der Waals surface area contributed by atoms with E-state index in [1.807, 2.05) is 0 Å². The van der Waals surface area contributed by atoms with Crippen LogP contribution in [0.2, 0.25) is 0 Å². The van der Waals surface area contributed by atoms with Crippen molar-refractivity contribution in [3.05, 3.63) is 0 Å². The maximum Gasteiger partial charge on any atom is 0.335 e. The fraction of sp³-hybridized carbons (Fsp3) is 0.786. The second-order valence-corrected chi connectivity index (χ2v) is 5.25. The highest BCUT2D eigenvalue weighted by molar-refractivity contribution is 5.78. The minimum atomic E-state index is -0.259. The van der Waals surface area contributed by atoms with E-state index in [0.717, 1.165) is 38.5 Å². The Morgan fingerprint density at radius 1 is 1.25 bits per heavy atom. The number of carbonyl (C=O) groups is 2. The van der Waals surface area contributed by atoms with Gasteiger partial charge in [0, 0.05) is 25.7 Å². The van der Waals surface area contributed by atoms with Gasteiger partial charge in [0.25, 0.3) is 0 Å². The van der Waals surface area contributed by atoms with Crippen molar-refractivity contribution in [3.63, 3.8) is 0 Å². The van der Waals surface area contributed by atoms with E-state index in [4.69, 9.17) is 0 Å². The van der Waals surface area contributed by atoms with Crippen molar-refractivity contribution in [2.24, 2.45) is 16.9 Å². The molecule has 0 aromatic heterocycles. The van der Waals surface area contributed by atoms with Crippen LogP contribution in [0.5, 0.6) is 0 Å². The second-order valence-electron chi connectivity index (χ2n) is 5.25. The van der Waals surface area contributed by atoms with Gasteiger partial charge in [-0.2, -0.15) is 5.10 Å². The number of amides is 3. The summed E-state index contributed by atoms with van der Waals surface area (Å²) in [4.78, 5) is 23.0. The molecule has 0 spiro atoms. The Morgan fingerprint density at radius 3 is 2.55 bits per heavy atom. The molecule has 0 heterocycles. The van der Waals surface area contributed by atoms with Crippen molar-refractivity contribution in [2.75, 3.05) is 13.6 Å². The molecular weight excluding hydrogens is 256 g/mol. The van der Waals surface area contributed by atoms with E-state index in [-0.39, 0.29) is 17.9 Å². The van der Waals surface area contributed by atoms with Gasteiger partial charge in [-0.3, -0.25) is 4.79 Å². The third kappa shape index (κ3) is 6.04. The van der Waals surface area contributed by atoms with Gasteiger partial charge in [-0.1, -0.05) is 13.3 Å². The Labute approximate surface area is 120 Å². The first-order chi connectivity index (χ1) is 9.67. The standard InChI is InChI=1S/C14H26N4O2/c1-3-4-9-17-18-14(20)16-10-11-5-7-12(8-6-11)13(19)15-2/h9,11-12H,3-8,10H2,1-2H3,(H,15,19)(H2,16,18,20)/b17-9+. The maximum atomic E-state index is 11.5. The predicted octanol–water partition coefficient (Wildman–Crippen LogP) is 1.62. The first-order valence-electron chi connectivity index (χ1n) is 7.44. The number of rotatable bonds is 6. The molecular formula is C14H26N4O2. The summed E-state index contributed by atoms with van der Waals surface area (Å²) in [6, 6.07) is -0.259. The first kappa shape index (κ1) is 16.5. The van der Waals surface area contributed by atoms with Crippen molar-refractivity contribution in [2.45, 2.75) is 45.4 Å². The molecule has 0 aromatic rings. The van der Waals surface area contributed by atoms with Gasteiger partial charge in [0.2, 0.25) is 5.91 Å². The van der Waals surface area contributed by atoms with Gasteiger partial charge in [0.05, 0.1) is 0 Å². The predicted molar refractivity (Wildman–Crippen MR) is 79.4 cm³/mol. The monoisotopic (exact) mass is 282 g/mol. The Morgan fingerprint density at radius 2 is 1.95 bits per heavy atom. The van der Waals surface area contributed by atoms with E-state index in [1.165, 1.54) is 0 Å². The van der Waals surface area contributed by atoms with E-state index in [9.17, 15) is 9.59 Å². The Hall–Kier alpha value is -1.59. The summed E-state index contributed by atoms with van der Waals surface area (Å²) in [5.74, 6) is 0.740. The lowest BCUT2D eigenvalue weighted by molar-refractivity contribution is -0.125. The number of carbonyl (C=O) groups excluding carboxylic acids is 2. The molecule has 6 nitrogen and oxygen atoms in total. The Kier molecular flexibility index (Phi) is 7.69. The van der Waals surface area contributed by atoms with Gasteiger partial charge in [-0.25, -0.2) is 10.2 Å². The lowest BCUT2D eigenvalue weighted by atomic mass is 9.81. The number of hydrogen-bond acceptors (Lipinski definition) is 3. The van der Waals surface area contributed by atoms with E-state index < -0.39 is 0 Å². The van der Waals surface area contributed by atoms with E-state index in [2.05, 4.69) is 28.1 Å². The zero-order valence-corrected chi connectivity index (χ0v) is 12.4. The molecule has 1 aliphatic carbocycles. The molecule has 0 aromatic carbocycles. The summed E-state index contributed by atoms with van der Waals surface area (Å²) in [6.45, 7) is 2.71. The molecule has 6 heteroatoms. The number of nitrogens with one attached hydrogen (secondary N) is 3. The van der Waals surface area contributed by atoms with Crippen LogP contribution in [-0.2, 0) is 4.79 Å². The Balaban J connectivity index is 2.14. The van der Waals surface area contributed by atoms with Crippen LogP contribution < -0.4 is 16.1 Å². The van der Waals surface area contributed by atoms with Gasteiger partial charge >= 0.3 is 6.03 Å². The fourth-order valence-corrected chi connectivity index (χ4v) is 2.41. The molecule has 3 amide bonds. The molecule has 0 atom stereocenters. The topological polar surface area (TPSA) is 82.6 Å². The molecule has 1 aliphatic rings. The highest BCUT2D eigenvalue weighted by Crippen LogP contribution is 2.28. The first-order valence-corrected chi connectivity index (χ1v) is 7.44. The van der Waals surface area contributed by atoms with Crippen molar-refractivity contribution in [1.29, 1.82) is 0 Å². The summed E-state index contributed by atoms with van der Waals surface area (Å²) < 4.78 is 0. The summed E-state index contributed by atoms with van der Waals surface area (Å²) in [5.41, 5.74) is 2.45. The van der Waals surface area contributed by atoms with Crippen molar-refractivity contribution < 1.29 is 9.59 Å². The normalized spacial score (nSPS) is 22.5. The van der Waals surface area contributed by atoms with Gasteiger partial charge in [-0.15, -0.1) is 0 Å². The van der Waals surface area contributed by atoms with Crippen molar-refractivity contribution in [1.82, 2.24) is 16.1 Å². The van der Waals surface area contributed by atoms with Gasteiger partial charge < -0.3 is 10.6 Å². The smallest absolute Gasteiger partial charge is 0.335 e. The fourth-order valence-electron chi connectivity index (χ4n) is 2.41. The summed E-state index contributed by atoms with van der Waals surface area (Å²) in [7, 11) is 1.68. The Bertz CT molecular complexity index is 336. The number of hydrogen-bond donors (Lipinski definition) is 3. The number of urea groups is 1. The molecule has 0 bridgehead atoms. The zero-order chi connectivity index (χ0) is 14.8. The molecule has 1 fully saturated rings. The molecule has 0 aliphatic heterocycles. The second kappa shape index (κ2) is 9.34. The van der Waals surface area contributed by atoms with Gasteiger partial charge in [0.1, 0.15) is 0 Å². The van der Waals surface area contributed by atoms with Crippen LogP contribution in [0.15, 0.2) is 5.10 Å². The van der Waals surface area contributed by atoms with E-state index >= 15 is 0 Å². The molecule has 0 saturated heterocycles. The molecule has 0 radical (unpaired) electrons. The van der Waals surface area contributed by atoms with Gasteiger partial charge in [0.15, 0.2) is 0 Å². The van der Waals surface area contributed by atoms with Crippen molar-refractivity contribution in [3.8, 4) is 0 Å². The largest absolute Gasteiger partial charge is 0.359 e. The lowest BCUT2D eigenvalue weighted by Crippen LogP contribution is -2.38. The third-order valence-corrected chi connectivity index (χ3v) is 3.69. The van der Waals surface area contributed by atoms with E-state index in [1.54, 1.807) is 13.3 Å². The minimum absolute atomic E-state index is 0.138. The lowest BCUT2D eigenvalue weighted by Gasteiger charge is -2.27. The van der Waals surface area contributed by atoms with Crippen LogP contribution in [-0.4, -0.2) is 31.7 Å². The highest BCUT2D eigenvalue weighted by atomic mass is 16.2. The molecule has 114 valence electrons. The molecule has 1 saturated carbocycles. The van der Waals surface area contributed by atoms with Crippen LogP contribution in [0.4, 0.5) is 4.79 Å². The number of hydrazone groups is 1. The van der Waals surface area contributed by atoms with E-state index in [0.29, 0.717) is 12.5 Å². The van der Waals surface area contributed by atoms with Crippen molar-refractivity contribution >= 4 is 18.2 Å². The van der Waals surface area contributed by atoms with Crippen LogP contribution in [0, 0.1) is 11.8 Å². The maximum absolute atomic E-state index is 11.5. The van der Waals surface area contributed by atoms with Crippen LogP contribution in [0.3, 0.4) is 0 Å². The summed E-state index contributed by atoms with van der Waals surface area (Å²) >= 11 is 0. The minimum Gasteiger partial charge on any atom is -0.359 e. The average molecular weight is 282 g/mol. The summed E-state index contributed by atoms with van der Waals surface area (Å²) in [6.07, 6.45) is 7.36. The molecule has 0 unspecified atom stereocenters.